The second kappa shape index (κ2) is 10.6. The molecule has 1 N–H and O–H groups in total. The average molecular weight is 533 g/mol. The third kappa shape index (κ3) is 5.17. The summed E-state index contributed by atoms with van der Waals surface area (Å²) in [7, 11) is 0. The lowest BCUT2D eigenvalue weighted by Crippen LogP contribution is -2.00. The van der Waals surface area contributed by atoms with E-state index in [1.165, 1.54) is 12.3 Å². The maximum absolute atomic E-state index is 11.3. The predicted molar refractivity (Wildman–Crippen MR) is 144 cm³/mol. The molecule has 2 heterocycles. The van der Waals surface area contributed by atoms with Crippen LogP contribution >= 0.6 is 23.2 Å². The van der Waals surface area contributed by atoms with Crippen LogP contribution in [0.15, 0.2) is 77.4 Å². The van der Waals surface area contributed by atoms with E-state index in [0.717, 1.165) is 34.1 Å². The van der Waals surface area contributed by atoms with Crippen LogP contribution in [-0.2, 0) is 13.0 Å². The number of carboxylic acids is 1. The average Bonchev–Trinajstić information content (AvgIpc) is 3.29. The van der Waals surface area contributed by atoms with Gasteiger partial charge in [-0.3, -0.25) is 4.98 Å². The van der Waals surface area contributed by atoms with Crippen molar-refractivity contribution in [3.8, 4) is 28.3 Å². The number of rotatable bonds is 8. The molecular weight excluding hydrogens is 511 g/mol. The molecule has 0 aliphatic carbocycles. The Morgan fingerprint density at radius 2 is 1.76 bits per heavy atom. The van der Waals surface area contributed by atoms with Crippen molar-refractivity contribution in [2.24, 2.45) is 0 Å². The maximum Gasteiger partial charge on any atom is 0.335 e. The number of fused-ring (bicyclic) bond motifs is 1. The van der Waals surface area contributed by atoms with Gasteiger partial charge in [0.15, 0.2) is 0 Å². The number of ether oxygens (including phenoxy) is 1. The molecule has 0 saturated heterocycles. The molecule has 0 radical (unpaired) electrons. The monoisotopic (exact) mass is 532 g/mol. The van der Waals surface area contributed by atoms with Crippen LogP contribution in [0.3, 0.4) is 0 Å². The lowest BCUT2D eigenvalue weighted by atomic mass is 10.0. The summed E-state index contributed by atoms with van der Waals surface area (Å²) in [4.78, 5) is 15.6. The van der Waals surface area contributed by atoms with Gasteiger partial charge in [0, 0.05) is 23.7 Å². The van der Waals surface area contributed by atoms with Crippen LogP contribution in [0.4, 0.5) is 0 Å². The summed E-state index contributed by atoms with van der Waals surface area (Å²) in [6.07, 6.45) is 3.10. The number of pyridine rings is 1. The summed E-state index contributed by atoms with van der Waals surface area (Å²) in [5.41, 5.74) is 3.66. The Labute approximate surface area is 223 Å². The molecule has 2 aromatic heterocycles. The van der Waals surface area contributed by atoms with Crippen molar-refractivity contribution < 1.29 is 19.2 Å². The molecule has 0 unspecified atom stereocenters. The van der Waals surface area contributed by atoms with Gasteiger partial charge >= 0.3 is 5.97 Å². The van der Waals surface area contributed by atoms with E-state index >= 15 is 0 Å². The molecule has 5 aromatic rings. The molecule has 0 fully saturated rings. The van der Waals surface area contributed by atoms with Gasteiger partial charge in [0.1, 0.15) is 23.8 Å². The van der Waals surface area contributed by atoms with Crippen LogP contribution in [0.2, 0.25) is 10.0 Å². The summed E-state index contributed by atoms with van der Waals surface area (Å²) in [6.45, 7) is 2.31. The fourth-order valence-electron chi connectivity index (χ4n) is 4.19. The molecule has 37 heavy (non-hydrogen) atoms. The van der Waals surface area contributed by atoms with E-state index < -0.39 is 5.97 Å². The first-order chi connectivity index (χ1) is 17.9. The standard InChI is InChI=1S/C29H22Cl2N2O4/c1-2-4-26-22(28(33-37-26)27-23(30)5-3-6-24(27)31)16-36-21-10-9-17-13-19(8-7-18(17)14-21)25-15-20(29(34)35)11-12-32-25/h3,5-15H,2,4,16H2,1H3,(H,34,35). The highest BCUT2D eigenvalue weighted by Crippen LogP contribution is 2.38. The van der Waals surface area contributed by atoms with E-state index in [2.05, 4.69) is 17.1 Å². The highest BCUT2D eigenvalue weighted by Gasteiger charge is 2.22. The van der Waals surface area contributed by atoms with Crippen molar-refractivity contribution in [3.05, 3.63) is 99.9 Å². The third-order valence-corrected chi connectivity index (χ3v) is 6.67. The van der Waals surface area contributed by atoms with E-state index in [0.29, 0.717) is 39.2 Å². The molecule has 5 rings (SSSR count). The van der Waals surface area contributed by atoms with Crippen molar-refractivity contribution >= 4 is 39.9 Å². The van der Waals surface area contributed by atoms with Crippen molar-refractivity contribution in [3.63, 3.8) is 0 Å². The number of aromatic carboxylic acids is 1. The Kier molecular flexibility index (Phi) is 7.12. The fraction of sp³-hybridized carbons (Fsp3) is 0.138. The molecule has 3 aromatic carbocycles. The zero-order valence-corrected chi connectivity index (χ0v) is 21.4. The van der Waals surface area contributed by atoms with Gasteiger partial charge in [0.25, 0.3) is 0 Å². The van der Waals surface area contributed by atoms with Crippen LogP contribution in [0, 0.1) is 0 Å². The minimum Gasteiger partial charge on any atom is -0.489 e. The molecular formula is C29H22Cl2N2O4. The van der Waals surface area contributed by atoms with Gasteiger partial charge in [0.2, 0.25) is 0 Å². The molecule has 6 nitrogen and oxygen atoms in total. The quantitative estimate of drug-likeness (QED) is 0.217. The highest BCUT2D eigenvalue weighted by molar-refractivity contribution is 6.39. The van der Waals surface area contributed by atoms with Crippen molar-refractivity contribution in [2.75, 3.05) is 0 Å². The summed E-state index contributed by atoms with van der Waals surface area (Å²) in [5, 5.41) is 16.5. The Balaban J connectivity index is 1.42. The normalized spacial score (nSPS) is 11.1. The summed E-state index contributed by atoms with van der Waals surface area (Å²) in [6, 6.07) is 20.0. The van der Waals surface area contributed by atoms with Crippen LogP contribution < -0.4 is 4.74 Å². The minimum absolute atomic E-state index is 0.197. The first-order valence-corrected chi connectivity index (χ1v) is 12.5. The highest BCUT2D eigenvalue weighted by atomic mass is 35.5. The number of benzene rings is 3. The molecule has 0 aliphatic rings. The number of aromatic nitrogens is 2. The van der Waals surface area contributed by atoms with Crippen LogP contribution in [0.25, 0.3) is 33.3 Å². The number of nitrogens with zero attached hydrogens (tertiary/aromatic N) is 2. The Morgan fingerprint density at radius 3 is 2.51 bits per heavy atom. The minimum atomic E-state index is -0.985. The smallest absolute Gasteiger partial charge is 0.335 e. The van der Waals surface area contributed by atoms with E-state index in [1.54, 1.807) is 24.3 Å². The first-order valence-electron chi connectivity index (χ1n) is 11.7. The Morgan fingerprint density at radius 1 is 1.00 bits per heavy atom. The molecule has 186 valence electrons. The largest absolute Gasteiger partial charge is 0.489 e. The predicted octanol–water partition coefficient (Wildman–Crippen LogP) is 8.09. The summed E-state index contributed by atoms with van der Waals surface area (Å²) in [5.74, 6) is 0.447. The van der Waals surface area contributed by atoms with Crippen molar-refractivity contribution in [2.45, 2.75) is 26.4 Å². The van der Waals surface area contributed by atoms with E-state index in [9.17, 15) is 9.90 Å². The zero-order chi connectivity index (χ0) is 25.9. The van der Waals surface area contributed by atoms with Gasteiger partial charge in [-0.1, -0.05) is 59.5 Å². The number of hydrogen-bond acceptors (Lipinski definition) is 5. The van der Waals surface area contributed by atoms with Crippen LogP contribution in [-0.4, -0.2) is 21.2 Å². The van der Waals surface area contributed by atoms with E-state index in [-0.39, 0.29) is 12.2 Å². The van der Waals surface area contributed by atoms with Crippen molar-refractivity contribution in [1.29, 1.82) is 0 Å². The second-order valence-electron chi connectivity index (χ2n) is 8.53. The van der Waals surface area contributed by atoms with E-state index in [1.807, 2.05) is 36.4 Å². The number of halogens is 2. The number of carbonyl (C=O) groups is 1. The lowest BCUT2D eigenvalue weighted by molar-refractivity contribution is 0.0697. The lowest BCUT2D eigenvalue weighted by Gasteiger charge is -2.11. The summed E-state index contributed by atoms with van der Waals surface area (Å²) < 4.78 is 11.8. The second-order valence-corrected chi connectivity index (χ2v) is 9.34. The van der Waals surface area contributed by atoms with Gasteiger partial charge in [-0.15, -0.1) is 0 Å². The molecule has 0 atom stereocenters. The van der Waals surface area contributed by atoms with Crippen molar-refractivity contribution in [1.82, 2.24) is 10.1 Å². The van der Waals surface area contributed by atoms with Gasteiger partial charge in [-0.25, -0.2) is 4.79 Å². The SMILES string of the molecule is CCCc1onc(-c2c(Cl)cccc2Cl)c1COc1ccc2cc(-c3cc(C(=O)O)ccn3)ccc2c1. The number of hydrogen-bond donors (Lipinski definition) is 1. The molecule has 0 spiro atoms. The van der Waals surface area contributed by atoms with Gasteiger partial charge in [0.05, 0.1) is 26.9 Å². The molecule has 0 aliphatic heterocycles. The Hall–Kier alpha value is -3.87. The molecule has 0 bridgehead atoms. The maximum atomic E-state index is 11.3. The van der Waals surface area contributed by atoms with Crippen LogP contribution in [0.1, 0.15) is 35.0 Å². The van der Waals surface area contributed by atoms with Gasteiger partial charge < -0.3 is 14.4 Å². The molecule has 0 amide bonds. The number of aryl methyl sites for hydroxylation is 1. The zero-order valence-electron chi connectivity index (χ0n) is 19.9. The fourth-order valence-corrected chi connectivity index (χ4v) is 4.76. The van der Waals surface area contributed by atoms with Gasteiger partial charge in [-0.2, -0.15) is 0 Å². The van der Waals surface area contributed by atoms with E-state index in [4.69, 9.17) is 32.5 Å². The first kappa shape index (κ1) is 24.8. The molecule has 0 saturated carbocycles. The number of carboxylic acid groups (broad SMARTS) is 1. The topological polar surface area (TPSA) is 85.5 Å². The summed E-state index contributed by atoms with van der Waals surface area (Å²) >= 11 is 12.9. The van der Waals surface area contributed by atoms with Crippen LogP contribution in [0.5, 0.6) is 5.75 Å². The third-order valence-electron chi connectivity index (χ3n) is 6.04. The molecule has 8 heteroatoms. The Bertz CT molecular complexity index is 1590. The van der Waals surface area contributed by atoms with Gasteiger partial charge in [-0.05, 0) is 59.7 Å².